The van der Waals surface area contributed by atoms with Gasteiger partial charge in [0.1, 0.15) is 16.7 Å². The van der Waals surface area contributed by atoms with E-state index in [-0.39, 0.29) is 16.2 Å². The lowest BCUT2D eigenvalue weighted by molar-refractivity contribution is 0.475. The number of hydrogen-bond donors (Lipinski definition) is 2. The van der Waals surface area contributed by atoms with Gasteiger partial charge in [0.15, 0.2) is 0 Å². The van der Waals surface area contributed by atoms with Crippen molar-refractivity contribution in [1.29, 1.82) is 5.26 Å². The van der Waals surface area contributed by atoms with E-state index in [0.29, 0.717) is 11.3 Å². The van der Waals surface area contributed by atoms with Crippen LogP contribution in [0.15, 0.2) is 47.4 Å². The Balaban J connectivity index is 2.44. The average Bonchev–Trinajstić information content (AvgIpc) is 2.42. The van der Waals surface area contributed by atoms with Gasteiger partial charge >= 0.3 is 0 Å². The minimum Gasteiger partial charge on any atom is -0.508 e. The average molecular weight is 288 g/mol. The molecule has 0 spiro atoms. The van der Waals surface area contributed by atoms with Gasteiger partial charge in [-0.1, -0.05) is 12.1 Å². The fourth-order valence-corrected chi connectivity index (χ4v) is 3.04. The maximum Gasteiger partial charge on any atom is 0.263 e. The molecule has 0 unspecified atom stereocenters. The number of anilines is 1. The van der Waals surface area contributed by atoms with E-state index in [9.17, 15) is 13.5 Å². The van der Waals surface area contributed by atoms with E-state index in [1.165, 1.54) is 30.3 Å². The van der Waals surface area contributed by atoms with Crippen LogP contribution in [0.2, 0.25) is 0 Å². The van der Waals surface area contributed by atoms with Crippen LogP contribution < -0.4 is 4.72 Å². The van der Waals surface area contributed by atoms with Crippen molar-refractivity contribution < 1.29 is 13.5 Å². The molecule has 2 N–H and O–H groups in total. The van der Waals surface area contributed by atoms with E-state index < -0.39 is 10.0 Å². The number of phenols is 1. The molecule has 0 aliphatic heterocycles. The fraction of sp³-hybridized carbons (Fsp3) is 0.0714. The van der Waals surface area contributed by atoms with Crippen molar-refractivity contribution >= 4 is 15.7 Å². The third-order valence-electron chi connectivity index (χ3n) is 2.75. The van der Waals surface area contributed by atoms with Gasteiger partial charge in [0, 0.05) is 0 Å². The van der Waals surface area contributed by atoms with E-state index >= 15 is 0 Å². The van der Waals surface area contributed by atoms with E-state index in [1.54, 1.807) is 19.1 Å². The van der Waals surface area contributed by atoms with Gasteiger partial charge in [0.05, 0.1) is 11.3 Å². The first-order valence-corrected chi connectivity index (χ1v) is 7.24. The van der Waals surface area contributed by atoms with E-state index in [4.69, 9.17) is 5.26 Å². The van der Waals surface area contributed by atoms with Gasteiger partial charge in [-0.3, -0.25) is 4.72 Å². The molecule has 20 heavy (non-hydrogen) atoms. The van der Waals surface area contributed by atoms with Crippen LogP contribution in [-0.4, -0.2) is 13.5 Å². The second-order valence-electron chi connectivity index (χ2n) is 4.21. The summed E-state index contributed by atoms with van der Waals surface area (Å²) in [5, 5.41) is 18.3. The lowest BCUT2D eigenvalue weighted by Crippen LogP contribution is -2.15. The quantitative estimate of drug-likeness (QED) is 0.848. The molecule has 0 heterocycles. The number of nitrogens with one attached hydrogen (secondary N) is 1. The Morgan fingerprint density at radius 3 is 2.55 bits per heavy atom. The van der Waals surface area contributed by atoms with Gasteiger partial charge in [-0.2, -0.15) is 5.26 Å². The van der Waals surface area contributed by atoms with Crippen LogP contribution >= 0.6 is 0 Å². The van der Waals surface area contributed by atoms with Crippen molar-refractivity contribution in [3.8, 4) is 11.8 Å². The summed E-state index contributed by atoms with van der Waals surface area (Å²) < 4.78 is 27.0. The summed E-state index contributed by atoms with van der Waals surface area (Å²) in [5.41, 5.74) is 1.02. The molecular formula is C14H12N2O3S. The lowest BCUT2D eigenvalue weighted by Gasteiger charge is -2.11. The molecular weight excluding hydrogens is 276 g/mol. The van der Waals surface area contributed by atoms with Crippen molar-refractivity contribution in [2.24, 2.45) is 0 Å². The van der Waals surface area contributed by atoms with Crippen LogP contribution in [0, 0.1) is 18.3 Å². The predicted octanol–water partition coefficient (Wildman–Crippen LogP) is 2.37. The number of phenolic OH excluding ortho intramolecular Hbond substituents is 1. The van der Waals surface area contributed by atoms with Crippen LogP contribution in [0.4, 0.5) is 5.69 Å². The Bertz CT molecular complexity index is 792. The zero-order chi connectivity index (χ0) is 14.8. The molecule has 0 saturated carbocycles. The van der Waals surface area contributed by atoms with Crippen molar-refractivity contribution in [2.75, 3.05) is 4.72 Å². The number of rotatable bonds is 3. The highest BCUT2D eigenvalue weighted by Crippen LogP contribution is 2.24. The molecule has 0 aliphatic rings. The third-order valence-corrected chi connectivity index (χ3v) is 4.18. The van der Waals surface area contributed by atoms with Crippen molar-refractivity contribution in [3.63, 3.8) is 0 Å². The number of aromatic hydroxyl groups is 1. The topological polar surface area (TPSA) is 90.2 Å². The number of nitrogens with zero attached hydrogens (tertiary/aromatic N) is 1. The molecule has 2 aromatic rings. The van der Waals surface area contributed by atoms with Crippen molar-refractivity contribution in [2.45, 2.75) is 11.8 Å². The highest BCUT2D eigenvalue weighted by molar-refractivity contribution is 7.92. The van der Waals surface area contributed by atoms with Gasteiger partial charge in [0.25, 0.3) is 10.0 Å². The standard InChI is InChI=1S/C14H12N2O3S/c1-10-8-12(17)6-7-13(10)16-20(18,19)14-5-3-2-4-11(14)9-15/h2-8,16-17H,1H3. The van der Waals surface area contributed by atoms with Crippen LogP contribution in [0.3, 0.4) is 0 Å². The van der Waals surface area contributed by atoms with Gasteiger partial charge in [-0.15, -0.1) is 0 Å². The highest BCUT2D eigenvalue weighted by Gasteiger charge is 2.19. The number of benzene rings is 2. The van der Waals surface area contributed by atoms with Crippen LogP contribution in [0.5, 0.6) is 5.75 Å². The monoisotopic (exact) mass is 288 g/mol. The third kappa shape index (κ3) is 2.73. The first-order chi connectivity index (χ1) is 9.44. The number of nitriles is 1. The molecule has 0 aliphatic carbocycles. The Morgan fingerprint density at radius 1 is 1.20 bits per heavy atom. The molecule has 0 saturated heterocycles. The predicted molar refractivity (Wildman–Crippen MR) is 74.8 cm³/mol. The summed E-state index contributed by atoms with van der Waals surface area (Å²) in [5.74, 6) is 0.0582. The summed E-state index contributed by atoms with van der Waals surface area (Å²) in [6.45, 7) is 1.67. The van der Waals surface area contributed by atoms with Crippen molar-refractivity contribution in [1.82, 2.24) is 0 Å². The molecule has 5 nitrogen and oxygen atoms in total. The zero-order valence-corrected chi connectivity index (χ0v) is 11.5. The lowest BCUT2D eigenvalue weighted by atomic mass is 10.2. The molecule has 0 atom stereocenters. The normalized spacial score (nSPS) is 10.8. The molecule has 102 valence electrons. The molecule has 0 radical (unpaired) electrons. The van der Waals surface area contributed by atoms with Crippen LogP contribution in [-0.2, 0) is 10.0 Å². The number of aryl methyl sites for hydroxylation is 1. The number of hydrogen-bond acceptors (Lipinski definition) is 4. The Kier molecular flexibility index (Phi) is 3.63. The van der Waals surface area contributed by atoms with Gasteiger partial charge < -0.3 is 5.11 Å². The first-order valence-electron chi connectivity index (χ1n) is 5.75. The minimum absolute atomic E-state index is 0.0582. The van der Waals surface area contributed by atoms with Gasteiger partial charge in [-0.25, -0.2) is 8.42 Å². The summed E-state index contributed by atoms with van der Waals surface area (Å²) in [7, 11) is -3.85. The molecule has 6 heteroatoms. The largest absolute Gasteiger partial charge is 0.508 e. The van der Waals surface area contributed by atoms with E-state index in [1.807, 2.05) is 6.07 Å². The zero-order valence-electron chi connectivity index (χ0n) is 10.7. The SMILES string of the molecule is Cc1cc(O)ccc1NS(=O)(=O)c1ccccc1C#N. The highest BCUT2D eigenvalue weighted by atomic mass is 32.2. The van der Waals surface area contributed by atoms with E-state index in [0.717, 1.165) is 0 Å². The van der Waals surface area contributed by atoms with Crippen LogP contribution in [0.25, 0.3) is 0 Å². The fourth-order valence-electron chi connectivity index (χ4n) is 1.76. The second-order valence-corrected chi connectivity index (χ2v) is 5.86. The summed E-state index contributed by atoms with van der Waals surface area (Å²) in [4.78, 5) is -0.0741. The summed E-state index contributed by atoms with van der Waals surface area (Å²) >= 11 is 0. The summed E-state index contributed by atoms with van der Waals surface area (Å²) in [6, 6.07) is 12.1. The second kappa shape index (κ2) is 5.23. The van der Waals surface area contributed by atoms with Gasteiger partial charge in [-0.05, 0) is 42.8 Å². The van der Waals surface area contributed by atoms with Crippen molar-refractivity contribution in [3.05, 3.63) is 53.6 Å². The van der Waals surface area contributed by atoms with Gasteiger partial charge in [0.2, 0.25) is 0 Å². The Hall–Kier alpha value is -2.52. The van der Waals surface area contributed by atoms with Crippen LogP contribution in [0.1, 0.15) is 11.1 Å². The minimum atomic E-state index is -3.85. The maximum atomic E-state index is 12.3. The number of sulfonamides is 1. The Labute approximate surface area is 117 Å². The van der Waals surface area contributed by atoms with E-state index in [2.05, 4.69) is 4.72 Å². The summed E-state index contributed by atoms with van der Waals surface area (Å²) in [6.07, 6.45) is 0. The molecule has 0 bridgehead atoms. The Morgan fingerprint density at radius 2 is 1.90 bits per heavy atom. The molecule has 2 aromatic carbocycles. The molecule has 2 rings (SSSR count). The molecule has 0 amide bonds. The molecule has 0 aromatic heterocycles. The smallest absolute Gasteiger partial charge is 0.263 e. The molecule has 0 fully saturated rings. The first kappa shape index (κ1) is 13.9. The maximum absolute atomic E-state index is 12.3.